The summed E-state index contributed by atoms with van der Waals surface area (Å²) in [6.07, 6.45) is 7.60. The van der Waals surface area contributed by atoms with Crippen molar-refractivity contribution in [1.29, 1.82) is 0 Å². The standard InChI is InChI=1S/C21H34O3/c1-17(2)10-8-6-5-7-9-11-23-12-13-24-21(22)20-15-18(3)14-19(4)16-20/h14-17H,5-13H2,1-4H3. The monoisotopic (exact) mass is 334 g/mol. The van der Waals surface area contributed by atoms with E-state index in [0.29, 0.717) is 18.8 Å². The van der Waals surface area contributed by atoms with E-state index < -0.39 is 0 Å². The summed E-state index contributed by atoms with van der Waals surface area (Å²) >= 11 is 0. The zero-order valence-electron chi connectivity index (χ0n) is 15.9. The lowest BCUT2D eigenvalue weighted by Gasteiger charge is -2.08. The number of hydrogen-bond acceptors (Lipinski definition) is 3. The third kappa shape index (κ3) is 9.71. The molecule has 0 fully saturated rings. The maximum Gasteiger partial charge on any atom is 0.338 e. The van der Waals surface area contributed by atoms with Gasteiger partial charge in [-0.05, 0) is 38.3 Å². The Morgan fingerprint density at radius 3 is 2.17 bits per heavy atom. The fourth-order valence-electron chi connectivity index (χ4n) is 2.76. The third-order valence-electron chi connectivity index (χ3n) is 3.99. The van der Waals surface area contributed by atoms with Crippen molar-refractivity contribution in [3.05, 3.63) is 34.9 Å². The van der Waals surface area contributed by atoms with Crippen LogP contribution in [-0.4, -0.2) is 25.8 Å². The van der Waals surface area contributed by atoms with Gasteiger partial charge in [0.25, 0.3) is 0 Å². The highest BCUT2D eigenvalue weighted by Gasteiger charge is 2.07. The normalized spacial score (nSPS) is 11.0. The highest BCUT2D eigenvalue weighted by molar-refractivity contribution is 5.89. The highest BCUT2D eigenvalue weighted by atomic mass is 16.6. The summed E-state index contributed by atoms with van der Waals surface area (Å²) in [5.41, 5.74) is 2.77. The first kappa shape index (κ1) is 20.7. The van der Waals surface area contributed by atoms with Crippen molar-refractivity contribution < 1.29 is 14.3 Å². The molecule has 0 unspecified atom stereocenters. The van der Waals surface area contributed by atoms with E-state index in [0.717, 1.165) is 30.1 Å². The van der Waals surface area contributed by atoms with Crippen molar-refractivity contribution in [2.24, 2.45) is 5.92 Å². The summed E-state index contributed by atoms with van der Waals surface area (Å²) in [7, 11) is 0. The van der Waals surface area contributed by atoms with E-state index in [1.54, 1.807) is 0 Å². The van der Waals surface area contributed by atoms with E-state index in [-0.39, 0.29) is 5.97 Å². The fourth-order valence-corrected chi connectivity index (χ4v) is 2.76. The number of unbranched alkanes of at least 4 members (excludes halogenated alkanes) is 4. The molecule has 0 bridgehead atoms. The second-order valence-corrected chi connectivity index (χ2v) is 7.07. The van der Waals surface area contributed by atoms with Crippen molar-refractivity contribution in [3.8, 4) is 0 Å². The smallest absolute Gasteiger partial charge is 0.338 e. The molecule has 1 aromatic rings. The largest absolute Gasteiger partial charge is 0.460 e. The zero-order chi connectivity index (χ0) is 17.8. The number of rotatable bonds is 12. The average molecular weight is 334 g/mol. The summed E-state index contributed by atoms with van der Waals surface area (Å²) in [5, 5.41) is 0. The SMILES string of the molecule is Cc1cc(C)cc(C(=O)OCCOCCCCCCCC(C)C)c1. The van der Waals surface area contributed by atoms with E-state index in [1.807, 2.05) is 32.0 Å². The summed E-state index contributed by atoms with van der Waals surface area (Å²) in [6, 6.07) is 5.76. The molecular formula is C21H34O3. The van der Waals surface area contributed by atoms with Crippen LogP contribution in [0, 0.1) is 19.8 Å². The fraction of sp³-hybridized carbons (Fsp3) is 0.667. The van der Waals surface area contributed by atoms with Gasteiger partial charge in [-0.2, -0.15) is 0 Å². The molecule has 0 saturated carbocycles. The second-order valence-electron chi connectivity index (χ2n) is 7.07. The first-order valence-electron chi connectivity index (χ1n) is 9.32. The molecule has 0 aromatic heterocycles. The number of carbonyl (C=O) groups is 1. The highest BCUT2D eigenvalue weighted by Crippen LogP contribution is 2.11. The molecule has 1 rings (SSSR count). The molecule has 24 heavy (non-hydrogen) atoms. The molecule has 3 heteroatoms. The molecule has 0 radical (unpaired) electrons. The Bertz CT molecular complexity index is 460. The Morgan fingerprint density at radius 2 is 1.50 bits per heavy atom. The lowest BCUT2D eigenvalue weighted by Crippen LogP contribution is -2.11. The molecule has 0 atom stereocenters. The average Bonchev–Trinajstić information content (AvgIpc) is 2.51. The molecule has 0 saturated heterocycles. The minimum atomic E-state index is -0.268. The number of benzene rings is 1. The molecule has 0 aliphatic carbocycles. The Kier molecular flexibility index (Phi) is 10.4. The number of ether oxygens (including phenoxy) is 2. The van der Waals surface area contributed by atoms with Gasteiger partial charge in [0, 0.05) is 6.61 Å². The topological polar surface area (TPSA) is 35.5 Å². The molecule has 0 heterocycles. The van der Waals surface area contributed by atoms with E-state index in [9.17, 15) is 4.79 Å². The zero-order valence-corrected chi connectivity index (χ0v) is 15.9. The summed E-state index contributed by atoms with van der Waals surface area (Å²) in [5.74, 6) is 0.551. The molecule has 1 aromatic carbocycles. The molecule has 136 valence electrons. The van der Waals surface area contributed by atoms with Gasteiger partial charge >= 0.3 is 5.97 Å². The van der Waals surface area contributed by atoms with Crippen LogP contribution in [0.4, 0.5) is 0 Å². The Hall–Kier alpha value is -1.35. The summed E-state index contributed by atoms with van der Waals surface area (Å²) < 4.78 is 10.8. The van der Waals surface area contributed by atoms with Gasteiger partial charge < -0.3 is 9.47 Å². The predicted molar refractivity (Wildman–Crippen MR) is 99.6 cm³/mol. The van der Waals surface area contributed by atoms with Gasteiger partial charge in [-0.25, -0.2) is 4.79 Å². The maximum absolute atomic E-state index is 12.0. The van der Waals surface area contributed by atoms with Crippen LogP contribution >= 0.6 is 0 Å². The maximum atomic E-state index is 12.0. The van der Waals surface area contributed by atoms with Crippen LogP contribution in [0.15, 0.2) is 18.2 Å². The minimum absolute atomic E-state index is 0.268. The van der Waals surface area contributed by atoms with Gasteiger partial charge in [0.2, 0.25) is 0 Å². The van der Waals surface area contributed by atoms with Gasteiger partial charge in [0.05, 0.1) is 12.2 Å². The van der Waals surface area contributed by atoms with Crippen LogP contribution in [0.25, 0.3) is 0 Å². The van der Waals surface area contributed by atoms with Crippen molar-refractivity contribution in [1.82, 2.24) is 0 Å². The van der Waals surface area contributed by atoms with Crippen molar-refractivity contribution in [2.75, 3.05) is 19.8 Å². The summed E-state index contributed by atoms with van der Waals surface area (Å²) in [4.78, 5) is 12.0. The van der Waals surface area contributed by atoms with Crippen LogP contribution < -0.4 is 0 Å². The lowest BCUT2D eigenvalue weighted by atomic mass is 10.0. The Labute approximate surface area is 147 Å². The quantitative estimate of drug-likeness (QED) is 0.375. The lowest BCUT2D eigenvalue weighted by molar-refractivity contribution is 0.0312. The molecule has 0 aliphatic heterocycles. The van der Waals surface area contributed by atoms with Crippen molar-refractivity contribution in [2.45, 2.75) is 66.2 Å². The summed E-state index contributed by atoms with van der Waals surface area (Å²) in [6.45, 7) is 10.1. The Morgan fingerprint density at radius 1 is 0.875 bits per heavy atom. The Balaban J connectivity index is 1.99. The molecule has 0 N–H and O–H groups in total. The van der Waals surface area contributed by atoms with Crippen molar-refractivity contribution >= 4 is 5.97 Å². The van der Waals surface area contributed by atoms with Crippen molar-refractivity contribution in [3.63, 3.8) is 0 Å². The van der Waals surface area contributed by atoms with E-state index >= 15 is 0 Å². The minimum Gasteiger partial charge on any atom is -0.460 e. The molecule has 0 spiro atoms. The molecule has 3 nitrogen and oxygen atoms in total. The van der Waals surface area contributed by atoms with E-state index in [4.69, 9.17) is 9.47 Å². The molecular weight excluding hydrogens is 300 g/mol. The number of carbonyl (C=O) groups excluding carboxylic acids is 1. The van der Waals surface area contributed by atoms with Crippen LogP contribution in [0.5, 0.6) is 0 Å². The number of hydrogen-bond donors (Lipinski definition) is 0. The van der Waals surface area contributed by atoms with Gasteiger partial charge in [-0.3, -0.25) is 0 Å². The second kappa shape index (κ2) is 12.1. The number of aryl methyl sites for hydroxylation is 2. The van der Waals surface area contributed by atoms with Crippen LogP contribution in [0.2, 0.25) is 0 Å². The molecule has 0 amide bonds. The van der Waals surface area contributed by atoms with Gasteiger partial charge in [0.1, 0.15) is 6.61 Å². The van der Waals surface area contributed by atoms with Gasteiger partial charge in [-0.15, -0.1) is 0 Å². The molecule has 0 aliphatic rings. The predicted octanol–water partition coefficient (Wildman–Crippen LogP) is 5.47. The first-order chi connectivity index (χ1) is 11.5. The van der Waals surface area contributed by atoms with Crippen LogP contribution in [-0.2, 0) is 9.47 Å². The van der Waals surface area contributed by atoms with Crippen LogP contribution in [0.1, 0.15) is 73.9 Å². The van der Waals surface area contributed by atoms with E-state index in [1.165, 1.54) is 32.1 Å². The number of esters is 1. The van der Waals surface area contributed by atoms with Gasteiger partial charge in [-0.1, -0.05) is 63.1 Å². The van der Waals surface area contributed by atoms with E-state index in [2.05, 4.69) is 13.8 Å². The van der Waals surface area contributed by atoms with Crippen LogP contribution in [0.3, 0.4) is 0 Å². The van der Waals surface area contributed by atoms with Gasteiger partial charge in [0.15, 0.2) is 0 Å². The first-order valence-corrected chi connectivity index (χ1v) is 9.32. The third-order valence-corrected chi connectivity index (χ3v) is 3.99.